The molecule has 0 unspecified atom stereocenters. The molecule has 236 valence electrons. The maximum atomic E-state index is 12.8. The van der Waals surface area contributed by atoms with Crippen LogP contribution in [0.4, 0.5) is 5.95 Å². The van der Waals surface area contributed by atoms with Crippen LogP contribution in [0.25, 0.3) is 15.8 Å². The zero-order valence-corrected chi connectivity index (χ0v) is 26.7. The number of aryl methyl sites for hydroxylation is 1. The third kappa shape index (κ3) is 7.90. The van der Waals surface area contributed by atoms with E-state index >= 15 is 0 Å². The van der Waals surface area contributed by atoms with Crippen LogP contribution in [0.3, 0.4) is 0 Å². The number of rotatable bonds is 11. The number of amides is 1. The van der Waals surface area contributed by atoms with Gasteiger partial charge in [-0.1, -0.05) is 36.8 Å². The molecule has 3 aromatic rings. The molecule has 0 spiro atoms. The molecule has 12 nitrogen and oxygen atoms in total. The highest BCUT2D eigenvalue weighted by Gasteiger charge is 2.26. The molecule has 0 bridgehead atoms. The maximum absolute atomic E-state index is 12.8. The molecule has 0 aliphatic carbocycles. The zero-order chi connectivity index (χ0) is 31.1. The van der Waals surface area contributed by atoms with E-state index in [1.807, 2.05) is 30.6 Å². The molecule has 1 fully saturated rings. The minimum Gasteiger partial charge on any atom is -0.467 e. The fourth-order valence-corrected chi connectivity index (χ4v) is 7.47. The number of carbonyl (C=O) groups excluding carboxylic acids is 2. The number of thiazole rings is 1. The summed E-state index contributed by atoms with van der Waals surface area (Å²) in [6.45, 7) is 5.88. The summed E-state index contributed by atoms with van der Waals surface area (Å²) >= 11 is 1.52. The van der Waals surface area contributed by atoms with E-state index in [0.29, 0.717) is 18.2 Å². The fourth-order valence-electron chi connectivity index (χ4n) is 5.26. The Labute approximate surface area is 261 Å². The van der Waals surface area contributed by atoms with E-state index in [0.717, 1.165) is 71.6 Å². The molecule has 5 rings (SSSR count). The van der Waals surface area contributed by atoms with Crippen molar-refractivity contribution in [2.45, 2.75) is 52.1 Å². The number of nitrogens with zero attached hydrogens (tertiary/aromatic N) is 5. The van der Waals surface area contributed by atoms with Crippen LogP contribution in [0.5, 0.6) is 5.19 Å². The monoisotopic (exact) mass is 642 g/mol. The molecule has 0 radical (unpaired) electrons. The van der Waals surface area contributed by atoms with Crippen LogP contribution in [-0.4, -0.2) is 90.7 Å². The van der Waals surface area contributed by atoms with Gasteiger partial charge in [-0.25, -0.2) is 28.2 Å². The van der Waals surface area contributed by atoms with Crippen molar-refractivity contribution >= 4 is 55.0 Å². The first-order chi connectivity index (χ1) is 21.3. The van der Waals surface area contributed by atoms with Crippen LogP contribution < -0.4 is 15.0 Å². The van der Waals surface area contributed by atoms with Crippen molar-refractivity contribution in [2.24, 2.45) is 0 Å². The topological polar surface area (TPSA) is 144 Å². The van der Waals surface area contributed by atoms with Crippen LogP contribution in [-0.2, 0) is 30.8 Å². The molecular formula is C30H38N6O6S2. The predicted octanol–water partition coefficient (Wildman–Crippen LogP) is 3.18. The first kappa shape index (κ1) is 31.8. The molecule has 1 amide bonds. The number of hydrogen-bond acceptors (Lipinski definition) is 11. The second-order valence-corrected chi connectivity index (χ2v) is 13.8. The molecule has 2 aromatic heterocycles. The van der Waals surface area contributed by atoms with Crippen LogP contribution in [0.2, 0.25) is 0 Å². The Hall–Kier alpha value is -3.62. The highest BCUT2D eigenvalue weighted by Crippen LogP contribution is 2.33. The Morgan fingerprint density at radius 1 is 1.11 bits per heavy atom. The minimum atomic E-state index is -3.60. The second kappa shape index (κ2) is 14.4. The van der Waals surface area contributed by atoms with Gasteiger partial charge in [0.2, 0.25) is 16.0 Å². The number of piperidine rings is 1. The molecule has 1 saturated heterocycles. The first-order valence-corrected chi connectivity index (χ1v) is 17.4. The van der Waals surface area contributed by atoms with E-state index in [1.165, 1.54) is 15.6 Å². The molecule has 1 N–H and O–H groups in total. The van der Waals surface area contributed by atoms with Gasteiger partial charge in [-0.05, 0) is 48.6 Å². The van der Waals surface area contributed by atoms with Gasteiger partial charge in [0.05, 0.1) is 22.6 Å². The summed E-state index contributed by atoms with van der Waals surface area (Å²) < 4.78 is 38.8. The van der Waals surface area contributed by atoms with Crippen molar-refractivity contribution in [3.63, 3.8) is 0 Å². The van der Waals surface area contributed by atoms with Gasteiger partial charge in [-0.2, -0.15) is 4.31 Å². The van der Waals surface area contributed by atoms with Crippen molar-refractivity contribution in [1.82, 2.24) is 24.6 Å². The van der Waals surface area contributed by atoms with Crippen molar-refractivity contribution in [3.8, 4) is 5.19 Å². The highest BCUT2D eigenvalue weighted by atomic mass is 32.2. The average Bonchev–Trinajstić information content (AvgIpc) is 3.43. The van der Waals surface area contributed by atoms with E-state index in [-0.39, 0.29) is 31.6 Å². The first-order valence-electron chi connectivity index (χ1n) is 15.0. The van der Waals surface area contributed by atoms with Gasteiger partial charge >= 0.3 is 11.9 Å². The number of anilines is 1. The number of aromatic nitrogens is 3. The molecular weight excluding hydrogens is 605 g/mol. The molecule has 44 heavy (non-hydrogen) atoms. The quantitative estimate of drug-likeness (QED) is 0.245. The lowest BCUT2D eigenvalue weighted by atomic mass is 10.0. The Bertz CT molecular complexity index is 1600. The molecule has 14 heteroatoms. The summed E-state index contributed by atoms with van der Waals surface area (Å²) in [6, 6.07) is 6.08. The molecule has 1 aromatic carbocycles. The standard InChI is InChI=1S/C30H38N6O6S2/c1-3-5-21-19-32-29(33-20-21)35-13-10-24(11-14-35)42-30-34-25-7-6-23(18-26(25)43-30)22-8-15-36(16-9-22)44(39,40)17-12-31-27(37)28(38)41-4-2/h6-8,18-20,24H,3-5,9-17H2,1-2H3,(H,31,37). The van der Waals surface area contributed by atoms with Gasteiger partial charge in [-0.15, -0.1) is 0 Å². The smallest absolute Gasteiger partial charge is 0.396 e. The summed E-state index contributed by atoms with van der Waals surface area (Å²) in [6.07, 6.45) is 10.2. The van der Waals surface area contributed by atoms with Crippen molar-refractivity contribution < 1.29 is 27.5 Å². The summed E-state index contributed by atoms with van der Waals surface area (Å²) in [5, 5.41) is 2.95. The SMILES string of the molecule is CCCc1cnc(N2CCC(Oc3nc4ccc(C5=CCN(S(=O)(=O)CCNC(=O)C(=O)OCC)CC5)cc4s3)CC2)nc1. The maximum Gasteiger partial charge on any atom is 0.396 e. The summed E-state index contributed by atoms with van der Waals surface area (Å²) in [7, 11) is -3.60. The molecule has 2 aliphatic heterocycles. The number of fused-ring (bicyclic) bond motifs is 1. The van der Waals surface area contributed by atoms with Crippen molar-refractivity contribution in [3.05, 3.63) is 47.8 Å². The second-order valence-electron chi connectivity index (χ2n) is 10.7. The summed E-state index contributed by atoms with van der Waals surface area (Å²) in [4.78, 5) is 39.1. The Morgan fingerprint density at radius 3 is 2.57 bits per heavy atom. The van der Waals surface area contributed by atoms with Crippen molar-refractivity contribution in [1.29, 1.82) is 0 Å². The number of ether oxygens (including phenoxy) is 2. The highest BCUT2D eigenvalue weighted by molar-refractivity contribution is 7.89. The van der Waals surface area contributed by atoms with Gasteiger partial charge in [0.1, 0.15) is 6.10 Å². The van der Waals surface area contributed by atoms with Gasteiger partial charge in [0.15, 0.2) is 0 Å². The van der Waals surface area contributed by atoms with Crippen LogP contribution >= 0.6 is 11.3 Å². The lowest BCUT2D eigenvalue weighted by Crippen LogP contribution is -2.41. The predicted molar refractivity (Wildman–Crippen MR) is 169 cm³/mol. The number of esters is 1. The normalized spacial score (nSPS) is 16.5. The van der Waals surface area contributed by atoms with E-state index < -0.39 is 21.9 Å². The van der Waals surface area contributed by atoms with Crippen LogP contribution in [0.1, 0.15) is 50.7 Å². The summed E-state index contributed by atoms with van der Waals surface area (Å²) in [5.74, 6) is -1.49. The lowest BCUT2D eigenvalue weighted by Gasteiger charge is -2.31. The number of nitrogens with one attached hydrogen (secondary N) is 1. The molecule has 0 atom stereocenters. The van der Waals surface area contributed by atoms with Gasteiger partial charge in [0.25, 0.3) is 5.19 Å². The fraction of sp³-hybridized carbons (Fsp3) is 0.500. The Morgan fingerprint density at radius 2 is 1.89 bits per heavy atom. The third-order valence-corrected chi connectivity index (χ3v) is 10.4. The van der Waals surface area contributed by atoms with E-state index in [9.17, 15) is 18.0 Å². The summed E-state index contributed by atoms with van der Waals surface area (Å²) in [5.41, 5.74) is 4.14. The van der Waals surface area contributed by atoms with Crippen LogP contribution in [0.15, 0.2) is 36.7 Å². The van der Waals surface area contributed by atoms with Crippen molar-refractivity contribution in [2.75, 3.05) is 50.0 Å². The van der Waals surface area contributed by atoms with E-state index in [4.69, 9.17) is 9.72 Å². The molecule has 4 heterocycles. The molecule has 2 aliphatic rings. The van der Waals surface area contributed by atoms with E-state index in [1.54, 1.807) is 6.92 Å². The third-order valence-electron chi connectivity index (χ3n) is 7.63. The zero-order valence-electron chi connectivity index (χ0n) is 25.0. The van der Waals surface area contributed by atoms with Gasteiger partial charge < -0.3 is 19.7 Å². The number of carbonyl (C=O) groups is 2. The average molecular weight is 643 g/mol. The van der Waals surface area contributed by atoms with Gasteiger partial charge in [-0.3, -0.25) is 4.79 Å². The van der Waals surface area contributed by atoms with E-state index in [2.05, 4.69) is 37.9 Å². The number of hydrogen-bond donors (Lipinski definition) is 1. The van der Waals surface area contributed by atoms with Gasteiger partial charge in [0, 0.05) is 58.0 Å². The Kier molecular flexibility index (Phi) is 10.4. The van der Waals surface area contributed by atoms with Crippen LogP contribution in [0, 0.1) is 0 Å². The lowest BCUT2D eigenvalue weighted by molar-refractivity contribution is -0.154. The minimum absolute atomic E-state index is 0.0727. The Balaban J connectivity index is 1.12. The number of sulfonamides is 1. The number of benzene rings is 1. The largest absolute Gasteiger partial charge is 0.467 e. The molecule has 0 saturated carbocycles.